The largest absolute Gasteiger partial charge is 0.305 e. The monoisotopic (exact) mass is 552 g/mol. The molecule has 2 unspecified atom stereocenters. The van der Waals surface area contributed by atoms with Gasteiger partial charge in [-0.05, 0) is 57.5 Å². The molecule has 2 aliphatic rings. The van der Waals surface area contributed by atoms with Crippen LogP contribution in [0.3, 0.4) is 0 Å². The zero-order valence-corrected chi connectivity index (χ0v) is 26.9. The average Bonchev–Trinajstić information content (AvgIpc) is 2.79. The van der Waals surface area contributed by atoms with E-state index in [0.29, 0.717) is 12.8 Å². The molecule has 6 nitrogen and oxygen atoms in total. The Bertz CT molecular complexity index is 1060. The van der Waals surface area contributed by atoms with Gasteiger partial charge in [-0.3, -0.25) is 30.0 Å². The minimum Gasteiger partial charge on any atom is -0.289 e. The molecule has 2 N–H and O–H groups in total. The topological polar surface area (TPSA) is 92.3 Å². The van der Waals surface area contributed by atoms with Crippen LogP contribution in [0.4, 0.5) is 0 Å². The smallest absolute Gasteiger partial charge is 0.289 e. The third-order valence-corrected chi connectivity index (χ3v) is 7.80. The molecule has 0 fully saturated rings. The van der Waals surface area contributed by atoms with E-state index in [9.17, 15) is 19.2 Å². The van der Waals surface area contributed by atoms with Gasteiger partial charge in [0.15, 0.2) is 0 Å². The molecule has 0 radical (unpaired) electrons. The summed E-state index contributed by atoms with van der Waals surface area (Å²) in [5.74, 6) is -3.29. The summed E-state index contributed by atoms with van der Waals surface area (Å²) in [6.07, 6.45) is 10.1. The molecule has 222 valence electrons. The Kier molecular flexibility index (Phi) is 10.0. The number of ketones is 2. The van der Waals surface area contributed by atoms with Crippen molar-refractivity contribution in [3.05, 3.63) is 46.6 Å². The Morgan fingerprint density at radius 1 is 0.575 bits per heavy atom. The number of amides is 2. The second kappa shape index (κ2) is 12.0. The van der Waals surface area contributed by atoms with Gasteiger partial charge in [-0.1, -0.05) is 119 Å². The van der Waals surface area contributed by atoms with E-state index >= 15 is 0 Å². The number of hydrogen-bond acceptors (Lipinski definition) is 4. The van der Waals surface area contributed by atoms with Gasteiger partial charge in [0.2, 0.25) is 11.6 Å². The number of Topliss-reactive ketones (excluding diaryl/α,β-unsaturated/α-hetero) is 2. The van der Waals surface area contributed by atoms with E-state index in [4.69, 9.17) is 0 Å². The molecule has 0 aromatic heterocycles. The van der Waals surface area contributed by atoms with E-state index in [0.717, 1.165) is 11.1 Å². The predicted octanol–water partition coefficient (Wildman–Crippen LogP) is 6.98. The molecule has 0 aromatic carbocycles. The first-order chi connectivity index (χ1) is 18.0. The van der Waals surface area contributed by atoms with Crippen molar-refractivity contribution in [2.75, 3.05) is 0 Å². The van der Waals surface area contributed by atoms with Gasteiger partial charge < -0.3 is 0 Å². The lowest BCUT2D eigenvalue weighted by Crippen LogP contribution is -2.48. The van der Waals surface area contributed by atoms with Crippen molar-refractivity contribution in [3.63, 3.8) is 0 Å². The molecule has 0 heterocycles. The normalized spacial score (nSPS) is 20.5. The quantitative estimate of drug-likeness (QED) is 0.275. The molecular weight excluding hydrogens is 500 g/mol. The van der Waals surface area contributed by atoms with Crippen molar-refractivity contribution in [1.82, 2.24) is 10.9 Å². The highest BCUT2D eigenvalue weighted by molar-refractivity contribution is 6.39. The Morgan fingerprint density at radius 2 is 0.875 bits per heavy atom. The number of carbonyl (C=O) groups is 4. The van der Waals surface area contributed by atoms with Gasteiger partial charge in [-0.2, -0.15) is 0 Å². The van der Waals surface area contributed by atoms with Crippen LogP contribution in [0.2, 0.25) is 0 Å². The van der Waals surface area contributed by atoms with Gasteiger partial charge in [0, 0.05) is 12.8 Å². The Hall–Kier alpha value is -2.76. The molecule has 2 amide bonds. The molecular formula is C34H52N2O4. The van der Waals surface area contributed by atoms with Crippen LogP contribution in [0.5, 0.6) is 0 Å². The van der Waals surface area contributed by atoms with Crippen LogP contribution in [0.1, 0.15) is 109 Å². The van der Waals surface area contributed by atoms with Gasteiger partial charge in [0.05, 0.1) is 0 Å². The molecule has 6 heteroatoms. The second-order valence-corrected chi connectivity index (χ2v) is 15.7. The Labute approximate surface area is 242 Å². The minimum absolute atomic E-state index is 0.0347. The Balaban J connectivity index is 2.00. The van der Waals surface area contributed by atoms with Crippen molar-refractivity contribution in [2.24, 2.45) is 33.5 Å². The van der Waals surface area contributed by atoms with E-state index in [1.807, 2.05) is 0 Å². The SMILES string of the molecule is CC(C)(C)C1=CC(CC(=O)C(=O)NNC(=O)C(=O)CC2C=C(C(C)(C)C)C=C(C(C)(C)C)C2)CC(C(C)(C)C)=C1. The fourth-order valence-electron chi connectivity index (χ4n) is 4.94. The number of carbonyl (C=O) groups excluding carboxylic acids is 4. The molecule has 2 rings (SSSR count). The molecule has 0 aromatic rings. The number of hydrogen-bond donors (Lipinski definition) is 2. The minimum atomic E-state index is -0.913. The summed E-state index contributed by atoms with van der Waals surface area (Å²) in [6.45, 7) is 25.7. The number of rotatable bonds is 6. The van der Waals surface area contributed by atoms with E-state index < -0.39 is 23.4 Å². The summed E-state index contributed by atoms with van der Waals surface area (Å²) in [5.41, 5.74) is 8.86. The Morgan fingerprint density at radius 3 is 1.12 bits per heavy atom. The number of hydrazine groups is 1. The lowest BCUT2D eigenvalue weighted by Gasteiger charge is -2.34. The van der Waals surface area contributed by atoms with Gasteiger partial charge in [0.1, 0.15) is 0 Å². The summed E-state index contributed by atoms with van der Waals surface area (Å²) in [7, 11) is 0. The van der Waals surface area contributed by atoms with Gasteiger partial charge in [0.25, 0.3) is 0 Å². The lowest BCUT2D eigenvalue weighted by atomic mass is 9.71. The third kappa shape index (κ3) is 9.42. The zero-order chi connectivity index (χ0) is 30.8. The van der Waals surface area contributed by atoms with Crippen molar-refractivity contribution in [2.45, 2.75) is 109 Å². The van der Waals surface area contributed by atoms with Crippen molar-refractivity contribution >= 4 is 23.4 Å². The van der Waals surface area contributed by atoms with E-state index in [1.165, 1.54) is 11.1 Å². The van der Waals surface area contributed by atoms with E-state index in [1.54, 1.807) is 0 Å². The summed E-state index contributed by atoms with van der Waals surface area (Å²) in [4.78, 5) is 50.7. The molecule has 0 aliphatic heterocycles. The van der Waals surface area contributed by atoms with Gasteiger partial charge >= 0.3 is 11.8 Å². The van der Waals surface area contributed by atoms with Gasteiger partial charge in [-0.25, -0.2) is 0 Å². The molecule has 0 spiro atoms. The van der Waals surface area contributed by atoms with Crippen LogP contribution in [0, 0.1) is 33.5 Å². The van der Waals surface area contributed by atoms with Crippen LogP contribution in [0.15, 0.2) is 46.6 Å². The summed E-state index contributed by atoms with van der Waals surface area (Å²) < 4.78 is 0. The van der Waals surface area contributed by atoms with Crippen LogP contribution in [-0.4, -0.2) is 23.4 Å². The second-order valence-electron chi connectivity index (χ2n) is 15.7. The summed E-state index contributed by atoms with van der Waals surface area (Å²) >= 11 is 0. The fourth-order valence-corrected chi connectivity index (χ4v) is 4.94. The highest BCUT2D eigenvalue weighted by Crippen LogP contribution is 2.42. The zero-order valence-electron chi connectivity index (χ0n) is 26.9. The van der Waals surface area contributed by atoms with Crippen molar-refractivity contribution < 1.29 is 19.2 Å². The first kappa shape index (κ1) is 33.4. The fraction of sp³-hybridized carbons (Fsp3) is 0.647. The van der Waals surface area contributed by atoms with Crippen LogP contribution < -0.4 is 10.9 Å². The van der Waals surface area contributed by atoms with Crippen LogP contribution in [-0.2, 0) is 19.2 Å². The molecule has 0 saturated heterocycles. The first-order valence-electron chi connectivity index (χ1n) is 14.5. The third-order valence-electron chi connectivity index (χ3n) is 7.80. The van der Waals surface area contributed by atoms with Crippen LogP contribution in [0.25, 0.3) is 0 Å². The standard InChI is InChI=1S/C34H52N2O4/c1-31(2,3)23-13-21(14-24(19-23)32(4,5)6)17-27(37)29(39)35-36-30(40)28(38)18-22-15-25(33(7,8)9)20-26(16-22)34(10,11)12/h13,15,19-22H,14,16-18H2,1-12H3,(H,35,39)(H,36,40). The molecule has 40 heavy (non-hydrogen) atoms. The first-order valence-corrected chi connectivity index (χ1v) is 14.5. The van der Waals surface area contributed by atoms with Crippen LogP contribution >= 0.6 is 0 Å². The predicted molar refractivity (Wildman–Crippen MR) is 162 cm³/mol. The maximum atomic E-state index is 12.8. The van der Waals surface area contributed by atoms with E-state index in [-0.39, 0.29) is 46.3 Å². The molecule has 2 aliphatic carbocycles. The van der Waals surface area contributed by atoms with Crippen molar-refractivity contribution in [1.29, 1.82) is 0 Å². The lowest BCUT2D eigenvalue weighted by molar-refractivity contribution is -0.143. The average molecular weight is 553 g/mol. The molecule has 0 bridgehead atoms. The maximum absolute atomic E-state index is 12.8. The van der Waals surface area contributed by atoms with E-state index in [2.05, 4.69) is 118 Å². The maximum Gasteiger partial charge on any atom is 0.305 e. The highest BCUT2D eigenvalue weighted by Gasteiger charge is 2.32. The highest BCUT2D eigenvalue weighted by atomic mass is 16.2. The number of allylic oxidation sites excluding steroid dienone is 8. The summed E-state index contributed by atoms with van der Waals surface area (Å²) in [6, 6.07) is 0. The molecule has 2 atom stereocenters. The molecule has 0 saturated carbocycles. The van der Waals surface area contributed by atoms with Crippen molar-refractivity contribution in [3.8, 4) is 0 Å². The van der Waals surface area contributed by atoms with Gasteiger partial charge in [-0.15, -0.1) is 0 Å². The summed E-state index contributed by atoms with van der Waals surface area (Å²) in [5, 5.41) is 0. The number of nitrogens with one attached hydrogen (secondary N) is 2.